The SMILES string of the molecule is COC(=O)[C@H]1CCCN(c2cccc(C(F)(F)F)n2)C1. The van der Waals surface area contributed by atoms with Crippen LogP contribution in [-0.2, 0) is 15.7 Å². The largest absolute Gasteiger partial charge is 0.469 e. The molecule has 4 nitrogen and oxygen atoms in total. The fraction of sp³-hybridized carbons (Fsp3) is 0.538. The van der Waals surface area contributed by atoms with Crippen molar-refractivity contribution in [1.82, 2.24) is 4.98 Å². The van der Waals surface area contributed by atoms with Crippen LogP contribution in [0.1, 0.15) is 18.5 Å². The molecule has 20 heavy (non-hydrogen) atoms. The predicted molar refractivity (Wildman–Crippen MR) is 66.2 cm³/mol. The van der Waals surface area contributed by atoms with Gasteiger partial charge in [-0.15, -0.1) is 0 Å². The number of hydrogen-bond acceptors (Lipinski definition) is 4. The molecule has 1 aromatic heterocycles. The van der Waals surface area contributed by atoms with Gasteiger partial charge in [-0.25, -0.2) is 4.98 Å². The Morgan fingerprint density at radius 3 is 2.85 bits per heavy atom. The van der Waals surface area contributed by atoms with Gasteiger partial charge in [-0.05, 0) is 25.0 Å². The van der Waals surface area contributed by atoms with E-state index in [1.807, 2.05) is 0 Å². The topological polar surface area (TPSA) is 42.4 Å². The summed E-state index contributed by atoms with van der Waals surface area (Å²) in [5.74, 6) is -0.403. The van der Waals surface area contributed by atoms with Crippen LogP contribution >= 0.6 is 0 Å². The molecule has 0 amide bonds. The number of carbonyl (C=O) groups is 1. The first kappa shape index (κ1) is 14.6. The van der Waals surface area contributed by atoms with Gasteiger partial charge in [-0.2, -0.15) is 13.2 Å². The lowest BCUT2D eigenvalue weighted by atomic mass is 9.98. The molecule has 1 aliphatic rings. The zero-order valence-electron chi connectivity index (χ0n) is 11.0. The zero-order valence-corrected chi connectivity index (χ0v) is 11.0. The second kappa shape index (κ2) is 5.68. The Morgan fingerprint density at radius 1 is 1.45 bits per heavy atom. The quantitative estimate of drug-likeness (QED) is 0.784. The molecule has 0 radical (unpaired) electrons. The van der Waals surface area contributed by atoms with Gasteiger partial charge in [0, 0.05) is 13.1 Å². The second-order valence-corrected chi connectivity index (χ2v) is 4.69. The minimum atomic E-state index is -4.46. The molecule has 0 unspecified atom stereocenters. The lowest BCUT2D eigenvalue weighted by Gasteiger charge is -2.32. The molecule has 0 aromatic carbocycles. The summed E-state index contributed by atoms with van der Waals surface area (Å²) in [5, 5.41) is 0. The van der Waals surface area contributed by atoms with Gasteiger partial charge >= 0.3 is 12.1 Å². The Bertz CT molecular complexity index is 491. The van der Waals surface area contributed by atoms with Crippen LogP contribution in [0.3, 0.4) is 0 Å². The van der Waals surface area contributed by atoms with Crippen LogP contribution < -0.4 is 4.90 Å². The van der Waals surface area contributed by atoms with E-state index < -0.39 is 11.9 Å². The molecule has 0 spiro atoms. The zero-order chi connectivity index (χ0) is 14.8. The van der Waals surface area contributed by atoms with Crippen molar-refractivity contribution in [3.05, 3.63) is 23.9 Å². The van der Waals surface area contributed by atoms with Gasteiger partial charge in [-0.3, -0.25) is 4.79 Å². The minimum absolute atomic E-state index is 0.244. The lowest BCUT2D eigenvalue weighted by molar-refractivity contribution is -0.145. The Labute approximate surface area is 114 Å². The van der Waals surface area contributed by atoms with Crippen molar-refractivity contribution in [3.8, 4) is 0 Å². The highest BCUT2D eigenvalue weighted by Crippen LogP contribution is 2.30. The van der Waals surface area contributed by atoms with Gasteiger partial charge in [-0.1, -0.05) is 6.07 Å². The van der Waals surface area contributed by atoms with E-state index in [1.54, 1.807) is 4.90 Å². The summed E-state index contributed by atoms with van der Waals surface area (Å²) in [4.78, 5) is 16.9. The molecule has 0 aliphatic carbocycles. The molecule has 0 bridgehead atoms. The van der Waals surface area contributed by atoms with E-state index >= 15 is 0 Å². The van der Waals surface area contributed by atoms with Crippen molar-refractivity contribution < 1.29 is 22.7 Å². The fourth-order valence-electron chi connectivity index (χ4n) is 2.30. The molecule has 2 rings (SSSR count). The molecule has 7 heteroatoms. The third kappa shape index (κ3) is 3.20. The first-order valence-electron chi connectivity index (χ1n) is 6.29. The third-order valence-electron chi connectivity index (χ3n) is 3.30. The Kier molecular flexibility index (Phi) is 4.15. The number of esters is 1. The van der Waals surface area contributed by atoms with E-state index in [0.29, 0.717) is 19.5 Å². The minimum Gasteiger partial charge on any atom is -0.469 e. The number of carbonyl (C=O) groups excluding carboxylic acids is 1. The van der Waals surface area contributed by atoms with E-state index in [2.05, 4.69) is 9.72 Å². The van der Waals surface area contributed by atoms with Gasteiger partial charge in [0.25, 0.3) is 0 Å². The smallest absolute Gasteiger partial charge is 0.433 e. The summed E-state index contributed by atoms with van der Waals surface area (Å²) in [6.07, 6.45) is -3.06. The molecule has 2 heterocycles. The van der Waals surface area contributed by atoms with Crippen molar-refractivity contribution >= 4 is 11.8 Å². The molecule has 1 fully saturated rings. The maximum atomic E-state index is 12.6. The summed E-state index contributed by atoms with van der Waals surface area (Å²) in [5.41, 5.74) is -0.921. The van der Waals surface area contributed by atoms with Crippen molar-refractivity contribution in [2.24, 2.45) is 5.92 Å². The molecule has 110 valence electrons. The van der Waals surface area contributed by atoms with Gasteiger partial charge in [0.2, 0.25) is 0 Å². The highest BCUT2D eigenvalue weighted by atomic mass is 19.4. The van der Waals surface area contributed by atoms with E-state index in [-0.39, 0.29) is 17.7 Å². The monoisotopic (exact) mass is 288 g/mol. The highest BCUT2D eigenvalue weighted by Gasteiger charge is 2.33. The maximum Gasteiger partial charge on any atom is 0.433 e. The third-order valence-corrected chi connectivity index (χ3v) is 3.30. The average Bonchev–Trinajstić information content (AvgIpc) is 2.46. The summed E-state index contributed by atoms with van der Waals surface area (Å²) in [7, 11) is 1.31. The van der Waals surface area contributed by atoms with Crippen LogP contribution in [0.15, 0.2) is 18.2 Å². The molecular formula is C13H15F3N2O2. The molecule has 1 saturated heterocycles. The van der Waals surface area contributed by atoms with Crippen LogP contribution in [0.5, 0.6) is 0 Å². The molecule has 0 saturated carbocycles. The first-order chi connectivity index (χ1) is 9.41. The van der Waals surface area contributed by atoms with E-state index in [1.165, 1.54) is 19.2 Å². The number of nitrogens with zero attached hydrogens (tertiary/aromatic N) is 2. The van der Waals surface area contributed by atoms with Crippen LogP contribution in [-0.4, -0.2) is 31.2 Å². The van der Waals surface area contributed by atoms with Crippen molar-refractivity contribution in [2.75, 3.05) is 25.1 Å². The van der Waals surface area contributed by atoms with E-state index in [0.717, 1.165) is 12.5 Å². The van der Waals surface area contributed by atoms with Gasteiger partial charge in [0.05, 0.1) is 13.0 Å². The van der Waals surface area contributed by atoms with Gasteiger partial charge in [0.15, 0.2) is 0 Å². The number of rotatable bonds is 2. The Morgan fingerprint density at radius 2 is 2.20 bits per heavy atom. The number of piperidine rings is 1. The van der Waals surface area contributed by atoms with E-state index in [9.17, 15) is 18.0 Å². The van der Waals surface area contributed by atoms with Crippen molar-refractivity contribution in [3.63, 3.8) is 0 Å². The fourth-order valence-corrected chi connectivity index (χ4v) is 2.30. The first-order valence-corrected chi connectivity index (χ1v) is 6.29. The molecule has 1 aromatic rings. The maximum absolute atomic E-state index is 12.6. The number of aromatic nitrogens is 1. The Balaban J connectivity index is 2.17. The molecule has 1 atom stereocenters. The number of alkyl halides is 3. The lowest BCUT2D eigenvalue weighted by Crippen LogP contribution is -2.39. The summed E-state index contributed by atoms with van der Waals surface area (Å²) >= 11 is 0. The number of pyridine rings is 1. The second-order valence-electron chi connectivity index (χ2n) is 4.69. The van der Waals surface area contributed by atoms with Crippen LogP contribution in [0.2, 0.25) is 0 Å². The summed E-state index contributed by atoms with van der Waals surface area (Å²) < 4.78 is 42.6. The Hall–Kier alpha value is -1.79. The van der Waals surface area contributed by atoms with E-state index in [4.69, 9.17) is 0 Å². The van der Waals surface area contributed by atoms with Crippen LogP contribution in [0, 0.1) is 5.92 Å². The summed E-state index contributed by atoms with van der Waals surface area (Å²) in [6.45, 7) is 0.919. The average molecular weight is 288 g/mol. The highest BCUT2D eigenvalue weighted by molar-refractivity contribution is 5.73. The molecule has 0 N–H and O–H groups in total. The molecule has 1 aliphatic heterocycles. The van der Waals surface area contributed by atoms with Crippen LogP contribution in [0.25, 0.3) is 0 Å². The number of hydrogen-bond donors (Lipinski definition) is 0. The predicted octanol–water partition coefficient (Wildman–Crippen LogP) is 2.49. The normalized spacial score (nSPS) is 19.8. The van der Waals surface area contributed by atoms with Crippen molar-refractivity contribution in [1.29, 1.82) is 0 Å². The number of ether oxygens (including phenoxy) is 1. The summed E-state index contributed by atoms with van der Waals surface area (Å²) in [6, 6.07) is 3.78. The van der Waals surface area contributed by atoms with Gasteiger partial charge in [0.1, 0.15) is 11.5 Å². The number of anilines is 1. The van der Waals surface area contributed by atoms with Crippen LogP contribution in [0.4, 0.5) is 19.0 Å². The number of methoxy groups -OCH3 is 1. The van der Waals surface area contributed by atoms with Crippen molar-refractivity contribution in [2.45, 2.75) is 19.0 Å². The van der Waals surface area contributed by atoms with Gasteiger partial charge < -0.3 is 9.64 Å². The molecular weight excluding hydrogens is 273 g/mol. The standard InChI is InChI=1S/C13H15F3N2O2/c1-20-12(19)9-4-3-7-18(8-9)11-6-2-5-10(17-11)13(14,15)16/h2,5-6,9H,3-4,7-8H2,1H3/t9-/m0/s1. The number of halogens is 3.